The first-order chi connectivity index (χ1) is 10.1. The van der Waals surface area contributed by atoms with Crippen LogP contribution in [-0.2, 0) is 4.79 Å². The van der Waals surface area contributed by atoms with E-state index in [1.165, 1.54) is 12.8 Å². The van der Waals surface area contributed by atoms with E-state index < -0.39 is 6.10 Å². The van der Waals surface area contributed by atoms with Crippen LogP contribution < -0.4 is 4.74 Å². The minimum atomic E-state index is -0.604. The van der Waals surface area contributed by atoms with Crippen LogP contribution in [0.3, 0.4) is 0 Å². The molecular weight excluding hydrogens is 266 g/mol. The quantitative estimate of drug-likeness (QED) is 0.928. The monoisotopic (exact) mass is 291 g/mol. The Balaban J connectivity index is 1.97. The molecule has 1 heterocycles. The van der Waals surface area contributed by atoms with E-state index in [0.717, 1.165) is 37.1 Å². The Kier molecular flexibility index (Phi) is 5.62. The minimum Gasteiger partial charge on any atom is -0.483 e. The molecule has 1 aliphatic heterocycles. The van der Waals surface area contributed by atoms with Crippen LogP contribution in [-0.4, -0.2) is 35.6 Å². The molecule has 0 spiro atoms. The predicted molar refractivity (Wildman–Crippen MR) is 82.4 cm³/mol. The molecule has 4 nitrogen and oxygen atoms in total. The van der Waals surface area contributed by atoms with Crippen molar-refractivity contribution in [3.8, 4) is 5.75 Å². The van der Waals surface area contributed by atoms with Crippen molar-refractivity contribution >= 4 is 5.91 Å². The van der Waals surface area contributed by atoms with Crippen molar-refractivity contribution in [3.05, 3.63) is 29.3 Å². The summed E-state index contributed by atoms with van der Waals surface area (Å²) in [7, 11) is 0. The molecule has 1 amide bonds. The third-order valence-corrected chi connectivity index (χ3v) is 3.93. The Morgan fingerprint density at radius 1 is 1.29 bits per heavy atom. The summed E-state index contributed by atoms with van der Waals surface area (Å²) in [5, 5.41) is 9.80. The van der Waals surface area contributed by atoms with Crippen LogP contribution in [0.1, 0.15) is 49.8 Å². The van der Waals surface area contributed by atoms with Gasteiger partial charge in [-0.05, 0) is 38.8 Å². The SMILES string of the molecule is Cc1ccc(OCC(=O)N2CCCCCC2)c([C@@H](C)O)c1. The fraction of sp³-hybridized carbons (Fsp3) is 0.588. The normalized spacial score (nSPS) is 17.2. The molecular formula is C17H25NO3. The first-order valence-electron chi connectivity index (χ1n) is 7.77. The van der Waals surface area contributed by atoms with Crippen LogP contribution >= 0.6 is 0 Å². The van der Waals surface area contributed by atoms with Gasteiger partial charge in [-0.25, -0.2) is 0 Å². The second-order valence-corrected chi connectivity index (χ2v) is 5.80. The Bertz CT molecular complexity index is 477. The van der Waals surface area contributed by atoms with E-state index in [0.29, 0.717) is 5.75 Å². The van der Waals surface area contributed by atoms with E-state index in [-0.39, 0.29) is 12.5 Å². The molecule has 21 heavy (non-hydrogen) atoms. The summed E-state index contributed by atoms with van der Waals surface area (Å²) < 4.78 is 5.66. The molecule has 0 bridgehead atoms. The van der Waals surface area contributed by atoms with Gasteiger partial charge in [-0.2, -0.15) is 0 Å². The highest BCUT2D eigenvalue weighted by Gasteiger charge is 2.17. The number of rotatable bonds is 4. The number of amides is 1. The van der Waals surface area contributed by atoms with Crippen molar-refractivity contribution in [2.24, 2.45) is 0 Å². The Hall–Kier alpha value is -1.55. The zero-order valence-corrected chi connectivity index (χ0v) is 13.0. The molecule has 1 aromatic rings. The fourth-order valence-electron chi connectivity index (χ4n) is 2.68. The summed E-state index contributed by atoms with van der Waals surface area (Å²) in [5.41, 5.74) is 1.80. The summed E-state index contributed by atoms with van der Waals surface area (Å²) in [6, 6.07) is 5.65. The molecule has 4 heteroatoms. The molecule has 0 saturated carbocycles. The van der Waals surface area contributed by atoms with E-state index in [1.807, 2.05) is 30.0 Å². The summed E-state index contributed by atoms with van der Waals surface area (Å²) >= 11 is 0. The van der Waals surface area contributed by atoms with Gasteiger partial charge >= 0.3 is 0 Å². The van der Waals surface area contributed by atoms with Gasteiger partial charge in [-0.1, -0.05) is 24.5 Å². The van der Waals surface area contributed by atoms with Crippen LogP contribution in [0.15, 0.2) is 18.2 Å². The van der Waals surface area contributed by atoms with Crippen molar-refractivity contribution < 1.29 is 14.6 Å². The third kappa shape index (κ3) is 4.46. The lowest BCUT2D eigenvalue weighted by molar-refractivity contribution is -0.133. The van der Waals surface area contributed by atoms with Crippen molar-refractivity contribution in [2.75, 3.05) is 19.7 Å². The van der Waals surface area contributed by atoms with E-state index in [4.69, 9.17) is 4.74 Å². The number of likely N-dealkylation sites (tertiary alicyclic amines) is 1. The lowest BCUT2D eigenvalue weighted by Gasteiger charge is -2.21. The average Bonchev–Trinajstić information content (AvgIpc) is 2.74. The highest BCUT2D eigenvalue weighted by Crippen LogP contribution is 2.26. The average molecular weight is 291 g/mol. The molecule has 2 rings (SSSR count). The van der Waals surface area contributed by atoms with E-state index in [2.05, 4.69) is 0 Å². The molecule has 1 fully saturated rings. The molecule has 0 aliphatic carbocycles. The van der Waals surface area contributed by atoms with Crippen LogP contribution in [0.2, 0.25) is 0 Å². The molecule has 0 aromatic heterocycles. The van der Waals surface area contributed by atoms with Gasteiger partial charge in [0.1, 0.15) is 5.75 Å². The number of nitrogens with zero attached hydrogens (tertiary/aromatic N) is 1. The first-order valence-corrected chi connectivity index (χ1v) is 7.77. The topological polar surface area (TPSA) is 49.8 Å². The molecule has 1 aromatic carbocycles. The highest BCUT2D eigenvalue weighted by atomic mass is 16.5. The number of aliphatic hydroxyl groups is 1. The molecule has 1 aliphatic rings. The van der Waals surface area contributed by atoms with Crippen molar-refractivity contribution in [1.29, 1.82) is 0 Å². The fourth-order valence-corrected chi connectivity index (χ4v) is 2.68. The van der Waals surface area contributed by atoms with Gasteiger partial charge in [-0.15, -0.1) is 0 Å². The molecule has 1 saturated heterocycles. The van der Waals surface area contributed by atoms with Gasteiger partial charge in [0.15, 0.2) is 6.61 Å². The molecule has 0 radical (unpaired) electrons. The number of hydrogen-bond donors (Lipinski definition) is 1. The zero-order valence-electron chi connectivity index (χ0n) is 13.0. The lowest BCUT2D eigenvalue weighted by Crippen LogP contribution is -2.35. The standard InChI is InChI=1S/C17H25NO3/c1-13-7-8-16(15(11-13)14(2)19)21-12-17(20)18-9-5-3-4-6-10-18/h7-8,11,14,19H,3-6,9-10,12H2,1-2H3/t14-/m1/s1. The summed E-state index contributed by atoms with van der Waals surface area (Å²) in [5.74, 6) is 0.632. The smallest absolute Gasteiger partial charge is 0.260 e. The minimum absolute atomic E-state index is 0.0361. The van der Waals surface area contributed by atoms with Crippen molar-refractivity contribution in [1.82, 2.24) is 4.90 Å². The van der Waals surface area contributed by atoms with Crippen LogP contribution in [0.4, 0.5) is 0 Å². The first kappa shape index (κ1) is 15.8. The molecule has 116 valence electrons. The highest BCUT2D eigenvalue weighted by molar-refractivity contribution is 5.77. The van der Waals surface area contributed by atoms with Gasteiger partial charge in [0.25, 0.3) is 5.91 Å². The number of ether oxygens (including phenoxy) is 1. The van der Waals surface area contributed by atoms with Crippen LogP contribution in [0.25, 0.3) is 0 Å². The van der Waals surface area contributed by atoms with Crippen LogP contribution in [0.5, 0.6) is 5.75 Å². The maximum atomic E-state index is 12.2. The van der Waals surface area contributed by atoms with E-state index in [9.17, 15) is 9.90 Å². The third-order valence-electron chi connectivity index (χ3n) is 3.93. The number of aliphatic hydroxyl groups excluding tert-OH is 1. The van der Waals surface area contributed by atoms with Gasteiger partial charge in [0, 0.05) is 18.7 Å². The predicted octanol–water partition coefficient (Wildman–Crippen LogP) is 2.83. The molecule has 1 N–H and O–H groups in total. The maximum Gasteiger partial charge on any atom is 0.260 e. The summed E-state index contributed by atoms with van der Waals surface area (Å²) in [6.07, 6.45) is 3.96. The maximum absolute atomic E-state index is 12.2. The number of aryl methyl sites for hydroxylation is 1. The van der Waals surface area contributed by atoms with Crippen molar-refractivity contribution in [2.45, 2.75) is 45.6 Å². The summed E-state index contributed by atoms with van der Waals surface area (Å²) in [6.45, 7) is 5.39. The van der Waals surface area contributed by atoms with E-state index in [1.54, 1.807) is 6.92 Å². The van der Waals surface area contributed by atoms with Gasteiger partial charge in [0.05, 0.1) is 6.10 Å². The number of carbonyl (C=O) groups is 1. The Morgan fingerprint density at radius 2 is 1.95 bits per heavy atom. The lowest BCUT2D eigenvalue weighted by atomic mass is 10.1. The molecule has 1 atom stereocenters. The van der Waals surface area contributed by atoms with Gasteiger partial charge in [-0.3, -0.25) is 4.79 Å². The second-order valence-electron chi connectivity index (χ2n) is 5.80. The van der Waals surface area contributed by atoms with Gasteiger partial charge < -0.3 is 14.7 Å². The summed E-state index contributed by atoms with van der Waals surface area (Å²) in [4.78, 5) is 14.1. The Labute approximate surface area is 126 Å². The Morgan fingerprint density at radius 3 is 2.57 bits per heavy atom. The van der Waals surface area contributed by atoms with Crippen molar-refractivity contribution in [3.63, 3.8) is 0 Å². The molecule has 0 unspecified atom stereocenters. The number of carbonyl (C=O) groups excluding carboxylic acids is 1. The second kappa shape index (κ2) is 7.46. The largest absolute Gasteiger partial charge is 0.483 e. The van der Waals surface area contributed by atoms with E-state index >= 15 is 0 Å². The number of hydrogen-bond acceptors (Lipinski definition) is 3. The van der Waals surface area contributed by atoms with Crippen LogP contribution in [0, 0.1) is 6.92 Å². The number of benzene rings is 1. The zero-order chi connectivity index (χ0) is 15.2. The van der Waals surface area contributed by atoms with Gasteiger partial charge in [0.2, 0.25) is 0 Å².